The molecule has 1 N–H and O–H groups in total. The Morgan fingerprint density at radius 2 is 1.75 bits per heavy atom. The number of nitrogens with one attached hydrogen (secondary N) is 1. The molecule has 0 aliphatic heterocycles. The molecule has 0 unspecified atom stereocenters. The lowest BCUT2D eigenvalue weighted by Crippen LogP contribution is -2.21. The number of nitro benzene ring substituents is 1. The molecule has 0 heterocycles. The number of hydrogen-bond acceptors (Lipinski definition) is 6. The summed E-state index contributed by atoms with van der Waals surface area (Å²) in [6, 6.07) is 9.72. The van der Waals surface area contributed by atoms with E-state index in [0.717, 1.165) is 5.56 Å². The highest BCUT2D eigenvalue weighted by molar-refractivity contribution is 5.93. The van der Waals surface area contributed by atoms with Gasteiger partial charge in [-0.3, -0.25) is 14.9 Å². The maximum atomic E-state index is 12.3. The molecule has 2 aromatic carbocycles. The van der Waals surface area contributed by atoms with Crippen LogP contribution in [0.15, 0.2) is 36.4 Å². The molecule has 1 amide bonds. The largest absolute Gasteiger partial charge is 0.496 e. The summed E-state index contributed by atoms with van der Waals surface area (Å²) in [4.78, 5) is 22.9. The summed E-state index contributed by atoms with van der Waals surface area (Å²) in [5, 5.41) is 13.9. The van der Waals surface area contributed by atoms with Crippen molar-refractivity contribution in [2.45, 2.75) is 26.2 Å². The Morgan fingerprint density at radius 3 is 2.32 bits per heavy atom. The van der Waals surface area contributed by atoms with Crippen LogP contribution in [-0.4, -0.2) is 31.7 Å². The van der Waals surface area contributed by atoms with Crippen LogP contribution in [0.5, 0.6) is 17.2 Å². The molecule has 0 atom stereocenters. The zero-order valence-corrected chi connectivity index (χ0v) is 16.6. The van der Waals surface area contributed by atoms with Crippen LogP contribution in [-0.2, 0) is 10.2 Å². The Hall–Kier alpha value is -3.29. The number of rotatable bonds is 7. The minimum Gasteiger partial charge on any atom is -0.496 e. The van der Waals surface area contributed by atoms with Gasteiger partial charge in [0.15, 0.2) is 12.4 Å². The minimum absolute atomic E-state index is 0.0173. The molecule has 28 heavy (non-hydrogen) atoms. The fourth-order valence-electron chi connectivity index (χ4n) is 2.49. The highest BCUT2D eigenvalue weighted by atomic mass is 16.6. The van der Waals surface area contributed by atoms with Gasteiger partial charge < -0.3 is 19.5 Å². The van der Waals surface area contributed by atoms with E-state index in [4.69, 9.17) is 14.2 Å². The number of benzene rings is 2. The Kier molecular flexibility index (Phi) is 6.45. The maximum absolute atomic E-state index is 12.3. The second-order valence-corrected chi connectivity index (χ2v) is 7.09. The van der Waals surface area contributed by atoms with Crippen LogP contribution in [0, 0.1) is 10.1 Å². The number of ether oxygens (including phenoxy) is 3. The third-order valence-electron chi connectivity index (χ3n) is 4.06. The highest BCUT2D eigenvalue weighted by Gasteiger charge is 2.19. The molecule has 0 saturated carbocycles. The van der Waals surface area contributed by atoms with Crippen LogP contribution in [0.25, 0.3) is 0 Å². The molecule has 2 rings (SSSR count). The number of anilines is 1. The van der Waals surface area contributed by atoms with E-state index in [-0.39, 0.29) is 16.9 Å². The summed E-state index contributed by atoms with van der Waals surface area (Å²) in [6.45, 7) is 5.79. The highest BCUT2D eigenvalue weighted by Crippen LogP contribution is 2.32. The number of methoxy groups -OCH3 is 2. The number of amides is 1. The first-order chi connectivity index (χ1) is 13.2. The van der Waals surface area contributed by atoms with Gasteiger partial charge in [-0.25, -0.2) is 0 Å². The molecular formula is C20H24N2O6. The van der Waals surface area contributed by atoms with Crippen LogP contribution in [0.4, 0.5) is 11.4 Å². The molecule has 0 spiro atoms. The third-order valence-corrected chi connectivity index (χ3v) is 4.06. The Balaban J connectivity index is 2.14. The van der Waals surface area contributed by atoms with Crippen molar-refractivity contribution >= 4 is 17.3 Å². The van der Waals surface area contributed by atoms with Gasteiger partial charge in [-0.1, -0.05) is 26.8 Å². The number of hydrogen-bond donors (Lipinski definition) is 1. The van der Waals surface area contributed by atoms with E-state index in [9.17, 15) is 14.9 Å². The van der Waals surface area contributed by atoms with Gasteiger partial charge in [0.05, 0.1) is 30.9 Å². The average molecular weight is 388 g/mol. The molecule has 0 aromatic heterocycles. The molecule has 0 saturated heterocycles. The summed E-state index contributed by atoms with van der Waals surface area (Å²) in [7, 11) is 2.92. The van der Waals surface area contributed by atoms with E-state index < -0.39 is 17.4 Å². The van der Waals surface area contributed by atoms with Gasteiger partial charge in [0.25, 0.3) is 5.91 Å². The zero-order valence-electron chi connectivity index (χ0n) is 16.6. The first kappa shape index (κ1) is 21.0. The summed E-state index contributed by atoms with van der Waals surface area (Å²) in [6.07, 6.45) is 0. The van der Waals surface area contributed by atoms with E-state index >= 15 is 0 Å². The van der Waals surface area contributed by atoms with Crippen molar-refractivity contribution in [3.8, 4) is 17.2 Å². The predicted molar refractivity (Wildman–Crippen MR) is 105 cm³/mol. The molecule has 2 aromatic rings. The molecule has 0 bridgehead atoms. The van der Waals surface area contributed by atoms with Crippen molar-refractivity contribution in [2.24, 2.45) is 0 Å². The molecule has 0 aliphatic carbocycles. The molecular weight excluding hydrogens is 364 g/mol. The van der Waals surface area contributed by atoms with Gasteiger partial charge in [0.1, 0.15) is 11.5 Å². The second kappa shape index (κ2) is 8.60. The van der Waals surface area contributed by atoms with Crippen LogP contribution >= 0.6 is 0 Å². The Labute approximate surface area is 163 Å². The smallest absolute Gasteiger partial charge is 0.314 e. The van der Waals surface area contributed by atoms with E-state index in [1.807, 2.05) is 12.1 Å². The van der Waals surface area contributed by atoms with Crippen LogP contribution in [0.3, 0.4) is 0 Å². The molecule has 8 nitrogen and oxygen atoms in total. The van der Waals surface area contributed by atoms with E-state index in [2.05, 4.69) is 26.1 Å². The number of carbonyl (C=O) groups is 1. The average Bonchev–Trinajstić information content (AvgIpc) is 2.65. The molecule has 0 fully saturated rings. The lowest BCUT2D eigenvalue weighted by atomic mass is 9.87. The summed E-state index contributed by atoms with van der Waals surface area (Å²) in [5.74, 6) is 0.356. The number of carbonyl (C=O) groups excluding carboxylic acids is 1. The van der Waals surface area contributed by atoms with Crippen molar-refractivity contribution in [2.75, 3.05) is 26.1 Å². The van der Waals surface area contributed by atoms with Gasteiger partial charge >= 0.3 is 5.69 Å². The van der Waals surface area contributed by atoms with Crippen LogP contribution in [0.2, 0.25) is 0 Å². The maximum Gasteiger partial charge on any atom is 0.314 e. The topological polar surface area (TPSA) is 99.9 Å². The standard InChI is InChI=1S/C20H24N2O6/c1-20(2,3)13-6-8-17(27-5)15(10-13)21-19(23)12-28-18-9-7-14(26-4)11-16(18)22(24)25/h6-11H,12H2,1-5H3,(H,21,23). The first-order valence-corrected chi connectivity index (χ1v) is 8.59. The molecule has 0 aliphatic rings. The van der Waals surface area contributed by atoms with Crippen LogP contribution < -0.4 is 19.5 Å². The predicted octanol–water partition coefficient (Wildman–Crippen LogP) is 3.93. The van der Waals surface area contributed by atoms with Crippen molar-refractivity contribution in [1.82, 2.24) is 0 Å². The zero-order chi connectivity index (χ0) is 20.9. The molecule has 150 valence electrons. The SMILES string of the molecule is COc1ccc(OCC(=O)Nc2cc(C(C)(C)C)ccc2OC)c([N+](=O)[O-])c1. The lowest BCUT2D eigenvalue weighted by molar-refractivity contribution is -0.385. The van der Waals surface area contributed by atoms with E-state index in [1.165, 1.54) is 32.4 Å². The van der Waals surface area contributed by atoms with Crippen molar-refractivity contribution in [1.29, 1.82) is 0 Å². The van der Waals surface area contributed by atoms with Gasteiger partial charge in [-0.15, -0.1) is 0 Å². The first-order valence-electron chi connectivity index (χ1n) is 8.59. The number of nitrogens with zero attached hydrogens (tertiary/aromatic N) is 1. The fraction of sp³-hybridized carbons (Fsp3) is 0.350. The summed E-state index contributed by atoms with van der Waals surface area (Å²) >= 11 is 0. The normalized spacial score (nSPS) is 10.9. The van der Waals surface area contributed by atoms with Crippen molar-refractivity contribution in [3.63, 3.8) is 0 Å². The van der Waals surface area contributed by atoms with Crippen LogP contribution in [0.1, 0.15) is 26.3 Å². The fourth-order valence-corrected chi connectivity index (χ4v) is 2.49. The van der Waals surface area contributed by atoms with E-state index in [1.54, 1.807) is 6.07 Å². The van der Waals surface area contributed by atoms with E-state index in [0.29, 0.717) is 17.2 Å². The van der Waals surface area contributed by atoms with Crippen molar-refractivity contribution < 1.29 is 23.9 Å². The minimum atomic E-state index is -0.592. The third kappa shape index (κ3) is 5.12. The van der Waals surface area contributed by atoms with Gasteiger partial charge in [0.2, 0.25) is 0 Å². The summed E-state index contributed by atoms with van der Waals surface area (Å²) in [5.41, 5.74) is 1.15. The quantitative estimate of drug-likeness (QED) is 0.570. The number of nitro groups is 1. The van der Waals surface area contributed by atoms with Gasteiger partial charge in [-0.05, 0) is 35.2 Å². The second-order valence-electron chi connectivity index (χ2n) is 7.09. The summed E-state index contributed by atoms with van der Waals surface area (Å²) < 4.78 is 15.6. The lowest BCUT2D eigenvalue weighted by Gasteiger charge is -2.21. The Morgan fingerprint density at radius 1 is 1.07 bits per heavy atom. The monoisotopic (exact) mass is 388 g/mol. The van der Waals surface area contributed by atoms with Gasteiger partial charge in [-0.2, -0.15) is 0 Å². The molecule has 8 heteroatoms. The van der Waals surface area contributed by atoms with Crippen molar-refractivity contribution in [3.05, 3.63) is 52.1 Å². The Bertz CT molecular complexity index is 873. The molecule has 0 radical (unpaired) electrons. The van der Waals surface area contributed by atoms with Gasteiger partial charge in [0, 0.05) is 0 Å².